The topological polar surface area (TPSA) is 25.8 Å². The quantitative estimate of drug-likeness (QED) is 0.607. The van der Waals surface area contributed by atoms with E-state index in [-0.39, 0.29) is 5.41 Å². The van der Waals surface area contributed by atoms with Crippen LogP contribution in [0.1, 0.15) is 51.8 Å². The van der Waals surface area contributed by atoms with Crippen molar-refractivity contribution in [3.8, 4) is 0 Å². The summed E-state index contributed by atoms with van der Waals surface area (Å²) in [5, 5.41) is 0. The van der Waals surface area contributed by atoms with Crippen LogP contribution in [0.5, 0.6) is 0 Å². The van der Waals surface area contributed by atoms with Gasteiger partial charge in [0, 0.05) is 11.6 Å². The summed E-state index contributed by atoms with van der Waals surface area (Å²) >= 11 is 0. The molecule has 0 unspecified atom stereocenters. The van der Waals surface area contributed by atoms with Crippen molar-refractivity contribution >= 4 is 0 Å². The van der Waals surface area contributed by atoms with Crippen LogP contribution in [0.4, 0.5) is 0 Å². The van der Waals surface area contributed by atoms with Crippen LogP contribution in [0, 0.1) is 5.41 Å². The third-order valence-corrected chi connectivity index (χ3v) is 4.32. The molecule has 1 aromatic heterocycles. The zero-order valence-electron chi connectivity index (χ0n) is 10.2. The summed E-state index contributed by atoms with van der Waals surface area (Å²) in [5.74, 6) is 0. The molecule has 1 heterocycles. The Kier molecular flexibility index (Phi) is 2.32. The fraction of sp³-hybridized carbons (Fsp3) is 0.692. The highest BCUT2D eigenvalue weighted by atomic mass is 14.8. The van der Waals surface area contributed by atoms with Crippen LogP contribution in [0.2, 0.25) is 0 Å². The molecule has 0 N–H and O–H groups in total. The molecule has 0 amide bonds. The van der Waals surface area contributed by atoms with Gasteiger partial charge in [-0.3, -0.25) is 0 Å². The number of aryl methyl sites for hydroxylation is 1. The van der Waals surface area contributed by atoms with Crippen molar-refractivity contribution in [1.82, 2.24) is 9.97 Å². The molecule has 0 saturated heterocycles. The van der Waals surface area contributed by atoms with Crippen molar-refractivity contribution in [2.45, 2.75) is 52.4 Å². The minimum atomic E-state index is 0.141. The van der Waals surface area contributed by atoms with Gasteiger partial charge < -0.3 is 0 Å². The molecule has 0 aliphatic heterocycles. The lowest BCUT2D eigenvalue weighted by Gasteiger charge is -2.40. The molecular weight excluding hydrogens is 184 g/mol. The molecule has 0 aromatic carbocycles. The first-order valence-corrected chi connectivity index (χ1v) is 5.74. The Balaban J connectivity index is 2.57. The first-order valence-electron chi connectivity index (χ1n) is 5.74. The molecule has 2 nitrogen and oxygen atoms in total. The average molecular weight is 204 g/mol. The predicted octanol–water partition coefficient (Wildman–Crippen LogP) is 3.12. The maximum Gasteiger partial charge on any atom is 0.115 e. The number of aromatic nitrogens is 2. The van der Waals surface area contributed by atoms with Crippen molar-refractivity contribution in [2.24, 2.45) is 5.41 Å². The van der Waals surface area contributed by atoms with Gasteiger partial charge in [-0.25, -0.2) is 9.97 Å². The van der Waals surface area contributed by atoms with Gasteiger partial charge in [0.2, 0.25) is 0 Å². The third-order valence-electron chi connectivity index (χ3n) is 4.32. The van der Waals surface area contributed by atoms with Crippen molar-refractivity contribution in [3.63, 3.8) is 0 Å². The highest BCUT2D eigenvalue weighted by molar-refractivity contribution is 5.28. The Bertz CT molecular complexity index is 367. The van der Waals surface area contributed by atoms with Crippen molar-refractivity contribution < 1.29 is 0 Å². The van der Waals surface area contributed by atoms with Crippen LogP contribution in [0.25, 0.3) is 0 Å². The lowest BCUT2D eigenvalue weighted by atomic mass is 9.64. The summed E-state index contributed by atoms with van der Waals surface area (Å²) < 4.78 is 0. The van der Waals surface area contributed by atoms with Gasteiger partial charge in [-0.05, 0) is 30.2 Å². The van der Waals surface area contributed by atoms with Crippen LogP contribution < -0.4 is 0 Å². The van der Waals surface area contributed by atoms with Crippen LogP contribution in [-0.2, 0) is 11.8 Å². The maximum atomic E-state index is 4.52. The smallest absolute Gasteiger partial charge is 0.115 e. The monoisotopic (exact) mass is 204 g/mol. The number of hydrogen-bond acceptors (Lipinski definition) is 2. The Morgan fingerprint density at radius 3 is 2.67 bits per heavy atom. The number of hydrogen-bond donors (Lipinski definition) is 0. The molecule has 82 valence electrons. The average Bonchev–Trinajstić information content (AvgIpc) is 2.25. The summed E-state index contributed by atoms with van der Waals surface area (Å²) in [6.45, 7) is 9.32. The Hall–Kier alpha value is -0.920. The molecule has 0 bridgehead atoms. The summed E-state index contributed by atoms with van der Waals surface area (Å²) in [6.07, 6.45) is 7.31. The van der Waals surface area contributed by atoms with Gasteiger partial charge in [0.1, 0.15) is 6.33 Å². The molecule has 1 aliphatic carbocycles. The van der Waals surface area contributed by atoms with Gasteiger partial charge in [0.25, 0.3) is 0 Å². The van der Waals surface area contributed by atoms with Crippen LogP contribution >= 0.6 is 0 Å². The van der Waals surface area contributed by atoms with Gasteiger partial charge in [-0.1, -0.05) is 27.7 Å². The second kappa shape index (κ2) is 3.29. The summed E-state index contributed by atoms with van der Waals surface area (Å²) in [4.78, 5) is 8.66. The predicted molar refractivity (Wildman–Crippen MR) is 61.8 cm³/mol. The van der Waals surface area contributed by atoms with Crippen LogP contribution in [0.3, 0.4) is 0 Å². The first kappa shape index (κ1) is 10.6. The minimum absolute atomic E-state index is 0.141. The van der Waals surface area contributed by atoms with E-state index in [1.807, 2.05) is 6.20 Å². The Labute approximate surface area is 92.1 Å². The van der Waals surface area contributed by atoms with Crippen molar-refractivity contribution in [3.05, 3.63) is 23.8 Å². The van der Waals surface area contributed by atoms with Crippen LogP contribution in [-0.4, -0.2) is 9.97 Å². The van der Waals surface area contributed by atoms with E-state index < -0.39 is 0 Å². The Morgan fingerprint density at radius 1 is 1.20 bits per heavy atom. The van der Waals surface area contributed by atoms with E-state index in [9.17, 15) is 0 Å². The molecule has 0 saturated carbocycles. The SMILES string of the molecule is CC1(C)CCCc2cncnc2C1(C)C. The van der Waals surface area contributed by atoms with Crippen molar-refractivity contribution in [1.29, 1.82) is 0 Å². The fourth-order valence-corrected chi connectivity index (χ4v) is 2.46. The van der Waals surface area contributed by atoms with E-state index in [1.165, 1.54) is 24.1 Å². The molecule has 2 rings (SSSR count). The van der Waals surface area contributed by atoms with Gasteiger partial charge in [-0.15, -0.1) is 0 Å². The molecule has 0 fully saturated rings. The lowest BCUT2D eigenvalue weighted by Crippen LogP contribution is -2.36. The van der Waals surface area contributed by atoms with Crippen LogP contribution in [0.15, 0.2) is 12.5 Å². The molecule has 0 atom stereocenters. The zero-order valence-corrected chi connectivity index (χ0v) is 10.2. The highest BCUT2D eigenvalue weighted by Gasteiger charge is 2.41. The Morgan fingerprint density at radius 2 is 1.93 bits per heavy atom. The minimum Gasteiger partial charge on any atom is -0.245 e. The second-order valence-electron chi connectivity index (χ2n) is 5.76. The van der Waals surface area contributed by atoms with E-state index in [2.05, 4.69) is 37.7 Å². The van der Waals surface area contributed by atoms with Gasteiger partial charge in [0.15, 0.2) is 0 Å². The molecular formula is C13H20N2. The van der Waals surface area contributed by atoms with E-state index >= 15 is 0 Å². The van der Waals surface area contributed by atoms with E-state index in [4.69, 9.17) is 0 Å². The third kappa shape index (κ3) is 1.56. The largest absolute Gasteiger partial charge is 0.245 e. The lowest BCUT2D eigenvalue weighted by molar-refractivity contribution is 0.179. The first-order chi connectivity index (χ1) is 6.95. The van der Waals surface area contributed by atoms with Gasteiger partial charge in [0.05, 0.1) is 5.69 Å². The summed E-state index contributed by atoms with van der Waals surface area (Å²) in [7, 11) is 0. The second-order valence-corrected chi connectivity index (χ2v) is 5.76. The molecule has 15 heavy (non-hydrogen) atoms. The van der Waals surface area contributed by atoms with Crippen molar-refractivity contribution in [2.75, 3.05) is 0 Å². The van der Waals surface area contributed by atoms with E-state index in [1.54, 1.807) is 6.33 Å². The summed E-state index contributed by atoms with van der Waals surface area (Å²) in [6, 6.07) is 0. The molecule has 1 aromatic rings. The van der Waals surface area contributed by atoms with Gasteiger partial charge in [-0.2, -0.15) is 0 Å². The maximum absolute atomic E-state index is 4.52. The molecule has 0 radical (unpaired) electrons. The number of rotatable bonds is 0. The highest BCUT2D eigenvalue weighted by Crippen LogP contribution is 2.47. The molecule has 2 heteroatoms. The number of fused-ring (bicyclic) bond motifs is 1. The number of nitrogens with zero attached hydrogens (tertiary/aromatic N) is 2. The van der Waals surface area contributed by atoms with E-state index in [0.717, 1.165) is 6.42 Å². The summed E-state index contributed by atoms with van der Waals surface area (Å²) in [5.41, 5.74) is 3.04. The fourth-order valence-electron chi connectivity index (χ4n) is 2.46. The van der Waals surface area contributed by atoms with Gasteiger partial charge >= 0.3 is 0 Å². The zero-order chi connectivity index (χ0) is 11.1. The van der Waals surface area contributed by atoms with E-state index in [0.29, 0.717) is 5.41 Å². The molecule has 1 aliphatic rings. The normalized spacial score (nSPS) is 22.9. The standard InChI is InChI=1S/C13H20N2/c1-12(2)7-5-6-10-8-14-9-15-11(10)13(12,3)4/h8-9H,5-7H2,1-4H3. The molecule has 0 spiro atoms.